The average molecular weight is 352 g/mol. The van der Waals surface area contributed by atoms with E-state index in [0.29, 0.717) is 16.9 Å². The van der Waals surface area contributed by atoms with E-state index in [1.54, 1.807) is 43.7 Å². The SMILES string of the molecule is CNC(=O)c1ccccc1NC(=O)Cc1csc(-c2cccnc2)n1. The first kappa shape index (κ1) is 16.8. The van der Waals surface area contributed by atoms with Crippen LogP contribution in [0.3, 0.4) is 0 Å². The van der Waals surface area contributed by atoms with Crippen LogP contribution in [0.2, 0.25) is 0 Å². The van der Waals surface area contributed by atoms with Crippen molar-refractivity contribution in [2.24, 2.45) is 0 Å². The second-order valence-electron chi connectivity index (χ2n) is 5.24. The van der Waals surface area contributed by atoms with Crippen molar-refractivity contribution in [1.29, 1.82) is 0 Å². The van der Waals surface area contributed by atoms with Gasteiger partial charge in [0.1, 0.15) is 5.01 Å². The molecule has 0 aliphatic heterocycles. The highest BCUT2D eigenvalue weighted by Gasteiger charge is 2.13. The van der Waals surface area contributed by atoms with Crippen LogP contribution < -0.4 is 10.6 Å². The lowest BCUT2D eigenvalue weighted by atomic mass is 10.1. The van der Waals surface area contributed by atoms with Crippen LogP contribution in [0.15, 0.2) is 54.2 Å². The number of nitrogens with zero attached hydrogens (tertiary/aromatic N) is 2. The van der Waals surface area contributed by atoms with Gasteiger partial charge in [-0.2, -0.15) is 0 Å². The highest BCUT2D eigenvalue weighted by atomic mass is 32.1. The molecule has 6 nitrogen and oxygen atoms in total. The molecule has 3 aromatic rings. The molecule has 2 heterocycles. The van der Waals surface area contributed by atoms with Gasteiger partial charge in [0.05, 0.1) is 23.4 Å². The Morgan fingerprint density at radius 3 is 2.76 bits per heavy atom. The largest absolute Gasteiger partial charge is 0.355 e. The molecule has 0 radical (unpaired) electrons. The van der Waals surface area contributed by atoms with E-state index in [1.807, 2.05) is 17.5 Å². The smallest absolute Gasteiger partial charge is 0.253 e. The summed E-state index contributed by atoms with van der Waals surface area (Å²) < 4.78 is 0. The van der Waals surface area contributed by atoms with Gasteiger partial charge in [0.25, 0.3) is 5.91 Å². The van der Waals surface area contributed by atoms with Gasteiger partial charge < -0.3 is 10.6 Å². The molecule has 7 heteroatoms. The van der Waals surface area contributed by atoms with Crippen LogP contribution >= 0.6 is 11.3 Å². The molecule has 0 aliphatic carbocycles. The van der Waals surface area contributed by atoms with Gasteiger partial charge in [-0.3, -0.25) is 14.6 Å². The number of thiazole rings is 1. The van der Waals surface area contributed by atoms with Crippen LogP contribution in [0, 0.1) is 0 Å². The fraction of sp³-hybridized carbons (Fsp3) is 0.111. The zero-order valence-electron chi connectivity index (χ0n) is 13.5. The molecule has 0 atom stereocenters. The molecular weight excluding hydrogens is 336 g/mol. The van der Waals surface area contributed by atoms with E-state index in [2.05, 4.69) is 20.6 Å². The van der Waals surface area contributed by atoms with Gasteiger partial charge in [-0.25, -0.2) is 4.98 Å². The maximum Gasteiger partial charge on any atom is 0.253 e. The summed E-state index contributed by atoms with van der Waals surface area (Å²) in [5, 5.41) is 8.01. The Kier molecular flexibility index (Phi) is 5.15. The molecular formula is C18H16N4O2S. The molecule has 126 valence electrons. The van der Waals surface area contributed by atoms with Crippen molar-refractivity contribution in [3.8, 4) is 10.6 Å². The molecule has 2 amide bonds. The highest BCUT2D eigenvalue weighted by Crippen LogP contribution is 2.23. The number of hydrogen-bond donors (Lipinski definition) is 2. The van der Waals surface area contributed by atoms with Crippen molar-refractivity contribution in [3.63, 3.8) is 0 Å². The number of para-hydroxylation sites is 1. The van der Waals surface area contributed by atoms with E-state index in [9.17, 15) is 9.59 Å². The summed E-state index contributed by atoms with van der Waals surface area (Å²) in [4.78, 5) is 32.7. The van der Waals surface area contributed by atoms with Crippen LogP contribution in [0.5, 0.6) is 0 Å². The second-order valence-corrected chi connectivity index (χ2v) is 6.09. The number of nitrogens with one attached hydrogen (secondary N) is 2. The summed E-state index contributed by atoms with van der Waals surface area (Å²) in [6, 6.07) is 10.7. The second kappa shape index (κ2) is 7.67. The summed E-state index contributed by atoms with van der Waals surface area (Å²) in [5.41, 5.74) is 2.50. The molecule has 2 aromatic heterocycles. The third-order valence-corrected chi connectivity index (χ3v) is 4.41. The molecule has 0 aliphatic rings. The maximum atomic E-state index is 12.3. The number of anilines is 1. The van der Waals surface area contributed by atoms with Crippen LogP contribution in [-0.2, 0) is 11.2 Å². The first-order chi connectivity index (χ1) is 12.2. The normalized spacial score (nSPS) is 10.3. The van der Waals surface area contributed by atoms with Gasteiger partial charge >= 0.3 is 0 Å². The predicted molar refractivity (Wildman–Crippen MR) is 97.5 cm³/mol. The molecule has 1 aromatic carbocycles. The van der Waals surface area contributed by atoms with E-state index in [4.69, 9.17) is 0 Å². The molecule has 0 bridgehead atoms. The van der Waals surface area contributed by atoms with Crippen molar-refractivity contribution in [1.82, 2.24) is 15.3 Å². The topological polar surface area (TPSA) is 84.0 Å². The van der Waals surface area contributed by atoms with Gasteiger partial charge in [-0.05, 0) is 24.3 Å². The van der Waals surface area contributed by atoms with Gasteiger partial charge in [0.15, 0.2) is 0 Å². The molecule has 0 fully saturated rings. The van der Waals surface area contributed by atoms with Crippen molar-refractivity contribution in [3.05, 3.63) is 65.4 Å². The molecule has 0 spiro atoms. The molecule has 0 unspecified atom stereocenters. The number of amides is 2. The first-order valence-electron chi connectivity index (χ1n) is 7.63. The van der Waals surface area contributed by atoms with Crippen LogP contribution in [0.1, 0.15) is 16.1 Å². The summed E-state index contributed by atoms with van der Waals surface area (Å²) in [6.07, 6.45) is 3.58. The Bertz CT molecular complexity index is 893. The van der Waals surface area contributed by atoms with Crippen molar-refractivity contribution in [2.45, 2.75) is 6.42 Å². The van der Waals surface area contributed by atoms with Crippen LogP contribution in [0.25, 0.3) is 10.6 Å². The molecule has 0 saturated heterocycles. The number of hydrogen-bond acceptors (Lipinski definition) is 5. The van der Waals surface area contributed by atoms with Crippen molar-refractivity contribution < 1.29 is 9.59 Å². The monoisotopic (exact) mass is 352 g/mol. The van der Waals surface area contributed by atoms with E-state index in [0.717, 1.165) is 10.6 Å². The Balaban J connectivity index is 1.70. The minimum atomic E-state index is -0.247. The third kappa shape index (κ3) is 4.07. The predicted octanol–water partition coefficient (Wildman–Crippen LogP) is 2.75. The lowest BCUT2D eigenvalue weighted by Crippen LogP contribution is -2.22. The highest BCUT2D eigenvalue weighted by molar-refractivity contribution is 7.13. The number of carbonyl (C=O) groups excluding carboxylic acids is 2. The fourth-order valence-corrected chi connectivity index (χ4v) is 3.10. The van der Waals surface area contributed by atoms with E-state index in [1.165, 1.54) is 11.3 Å². The zero-order chi connectivity index (χ0) is 17.6. The minimum Gasteiger partial charge on any atom is -0.355 e. The number of rotatable bonds is 5. The lowest BCUT2D eigenvalue weighted by molar-refractivity contribution is -0.115. The third-order valence-electron chi connectivity index (χ3n) is 3.47. The van der Waals surface area contributed by atoms with Crippen LogP contribution in [0.4, 0.5) is 5.69 Å². The summed E-state index contributed by atoms with van der Waals surface area (Å²) in [5.74, 6) is -0.470. The van der Waals surface area contributed by atoms with E-state index in [-0.39, 0.29) is 18.2 Å². The Morgan fingerprint density at radius 1 is 1.16 bits per heavy atom. The number of pyridine rings is 1. The van der Waals surface area contributed by atoms with Gasteiger partial charge in [0.2, 0.25) is 5.91 Å². The minimum absolute atomic E-state index is 0.138. The van der Waals surface area contributed by atoms with E-state index < -0.39 is 0 Å². The summed E-state index contributed by atoms with van der Waals surface area (Å²) in [7, 11) is 1.55. The maximum absolute atomic E-state index is 12.3. The van der Waals surface area contributed by atoms with Crippen molar-refractivity contribution in [2.75, 3.05) is 12.4 Å². The Labute approximate surface area is 149 Å². The summed E-state index contributed by atoms with van der Waals surface area (Å²) in [6.45, 7) is 0. The molecule has 2 N–H and O–H groups in total. The molecule has 25 heavy (non-hydrogen) atoms. The van der Waals surface area contributed by atoms with Gasteiger partial charge in [-0.1, -0.05) is 12.1 Å². The van der Waals surface area contributed by atoms with Crippen LogP contribution in [-0.4, -0.2) is 28.8 Å². The fourth-order valence-electron chi connectivity index (χ4n) is 2.29. The Hall–Kier alpha value is -3.06. The summed E-state index contributed by atoms with van der Waals surface area (Å²) >= 11 is 1.47. The number of aromatic nitrogens is 2. The van der Waals surface area contributed by atoms with Crippen molar-refractivity contribution >= 4 is 28.8 Å². The quantitative estimate of drug-likeness (QED) is 0.739. The Morgan fingerprint density at radius 2 is 2.00 bits per heavy atom. The average Bonchev–Trinajstić information content (AvgIpc) is 3.10. The number of carbonyl (C=O) groups is 2. The molecule has 3 rings (SSSR count). The van der Waals surface area contributed by atoms with Gasteiger partial charge in [-0.15, -0.1) is 11.3 Å². The first-order valence-corrected chi connectivity index (χ1v) is 8.51. The standard InChI is InChI=1S/C18H16N4O2S/c1-19-17(24)14-6-2-3-7-15(14)22-16(23)9-13-11-25-18(21-13)12-5-4-8-20-10-12/h2-8,10-11H,9H2,1H3,(H,19,24)(H,22,23). The molecule has 0 saturated carbocycles. The number of benzene rings is 1. The van der Waals surface area contributed by atoms with Gasteiger partial charge in [0, 0.05) is 30.4 Å². The lowest BCUT2D eigenvalue weighted by Gasteiger charge is -2.09. The zero-order valence-corrected chi connectivity index (χ0v) is 14.3. The van der Waals surface area contributed by atoms with E-state index >= 15 is 0 Å².